The van der Waals surface area contributed by atoms with Crippen LogP contribution in [-0.4, -0.2) is 38.3 Å². The summed E-state index contributed by atoms with van der Waals surface area (Å²) in [5, 5.41) is 6.08. The first kappa shape index (κ1) is 11.5. The van der Waals surface area contributed by atoms with Crippen LogP contribution in [0.25, 0.3) is 0 Å². The number of nitrogens with one attached hydrogen (secondary N) is 2. The summed E-state index contributed by atoms with van der Waals surface area (Å²) in [6, 6.07) is 0. The number of morpholine rings is 1. The molecule has 1 rings (SSSR count). The molecule has 14 heavy (non-hydrogen) atoms. The monoisotopic (exact) mass is 200 g/mol. The first-order chi connectivity index (χ1) is 6.68. The van der Waals surface area contributed by atoms with E-state index in [4.69, 9.17) is 4.74 Å². The highest BCUT2D eigenvalue weighted by Crippen LogP contribution is 2.01. The Labute approximate surface area is 85.4 Å². The van der Waals surface area contributed by atoms with Crippen LogP contribution < -0.4 is 10.6 Å². The maximum absolute atomic E-state index is 11.4. The quantitative estimate of drug-likeness (QED) is 0.678. The Hall–Kier alpha value is -0.610. The summed E-state index contributed by atoms with van der Waals surface area (Å²) in [7, 11) is 0. The van der Waals surface area contributed by atoms with Gasteiger partial charge in [-0.3, -0.25) is 4.79 Å². The molecule has 1 aliphatic rings. The van der Waals surface area contributed by atoms with Crippen LogP contribution in [0.15, 0.2) is 0 Å². The smallest absolute Gasteiger partial charge is 0.222 e. The van der Waals surface area contributed by atoms with Gasteiger partial charge in [-0.25, -0.2) is 0 Å². The van der Waals surface area contributed by atoms with Gasteiger partial charge in [0.2, 0.25) is 5.91 Å². The lowest BCUT2D eigenvalue weighted by molar-refractivity contribution is -0.124. The molecule has 1 saturated heterocycles. The predicted octanol–water partition coefficient (Wildman–Crippen LogP) is 0.137. The fourth-order valence-corrected chi connectivity index (χ4v) is 1.35. The van der Waals surface area contributed by atoms with E-state index in [1.165, 1.54) is 0 Å². The highest BCUT2D eigenvalue weighted by atomic mass is 16.5. The van der Waals surface area contributed by atoms with Crippen LogP contribution in [0.2, 0.25) is 0 Å². The van der Waals surface area contributed by atoms with Crippen molar-refractivity contribution in [1.82, 2.24) is 10.6 Å². The lowest BCUT2D eigenvalue weighted by Gasteiger charge is -2.23. The van der Waals surface area contributed by atoms with E-state index in [-0.39, 0.29) is 12.0 Å². The van der Waals surface area contributed by atoms with Crippen LogP contribution in [-0.2, 0) is 9.53 Å². The van der Waals surface area contributed by atoms with Crippen LogP contribution >= 0.6 is 0 Å². The first-order valence-electron chi connectivity index (χ1n) is 5.27. The summed E-state index contributed by atoms with van der Waals surface area (Å²) in [6.45, 7) is 7.30. The van der Waals surface area contributed by atoms with E-state index in [2.05, 4.69) is 24.5 Å². The van der Waals surface area contributed by atoms with Gasteiger partial charge in [0.15, 0.2) is 0 Å². The van der Waals surface area contributed by atoms with Crippen molar-refractivity contribution in [2.75, 3.05) is 26.2 Å². The molecule has 4 nitrogen and oxygen atoms in total. The highest BCUT2D eigenvalue weighted by Gasteiger charge is 2.16. The van der Waals surface area contributed by atoms with Crippen molar-refractivity contribution in [2.24, 2.45) is 5.92 Å². The number of hydrogen-bond donors (Lipinski definition) is 2. The average Bonchev–Trinajstić information content (AvgIpc) is 2.16. The van der Waals surface area contributed by atoms with E-state index in [0.29, 0.717) is 18.9 Å². The molecule has 1 aliphatic heterocycles. The van der Waals surface area contributed by atoms with Gasteiger partial charge < -0.3 is 15.4 Å². The maximum Gasteiger partial charge on any atom is 0.222 e. The minimum Gasteiger partial charge on any atom is -0.375 e. The van der Waals surface area contributed by atoms with Crippen molar-refractivity contribution in [3.8, 4) is 0 Å². The molecule has 1 atom stereocenters. The third kappa shape index (κ3) is 4.58. The summed E-state index contributed by atoms with van der Waals surface area (Å²) < 4.78 is 5.43. The van der Waals surface area contributed by atoms with E-state index >= 15 is 0 Å². The predicted molar refractivity (Wildman–Crippen MR) is 55.1 cm³/mol. The third-order valence-corrected chi connectivity index (χ3v) is 2.12. The molecular weight excluding hydrogens is 180 g/mol. The normalized spacial score (nSPS) is 22.4. The molecule has 0 aromatic carbocycles. The Morgan fingerprint density at radius 1 is 1.64 bits per heavy atom. The third-order valence-electron chi connectivity index (χ3n) is 2.12. The lowest BCUT2D eigenvalue weighted by atomic mass is 10.2. The Balaban J connectivity index is 2.12. The molecule has 0 aromatic heterocycles. The van der Waals surface area contributed by atoms with Crippen LogP contribution in [0.4, 0.5) is 0 Å². The van der Waals surface area contributed by atoms with Crippen molar-refractivity contribution in [2.45, 2.75) is 26.4 Å². The SMILES string of the molecule is CC(C)CNC(=O)CC1CNCCO1. The van der Waals surface area contributed by atoms with Crippen LogP contribution in [0.1, 0.15) is 20.3 Å². The number of ether oxygens (including phenoxy) is 1. The summed E-state index contributed by atoms with van der Waals surface area (Å²) >= 11 is 0. The van der Waals surface area contributed by atoms with E-state index in [9.17, 15) is 4.79 Å². The van der Waals surface area contributed by atoms with E-state index in [1.54, 1.807) is 0 Å². The molecular formula is C10H20N2O2. The van der Waals surface area contributed by atoms with Crippen molar-refractivity contribution in [3.05, 3.63) is 0 Å². The van der Waals surface area contributed by atoms with Gasteiger partial charge in [-0.1, -0.05) is 13.8 Å². The molecule has 2 N–H and O–H groups in total. The maximum atomic E-state index is 11.4. The lowest BCUT2D eigenvalue weighted by Crippen LogP contribution is -2.41. The van der Waals surface area contributed by atoms with Gasteiger partial charge in [-0.15, -0.1) is 0 Å². The van der Waals surface area contributed by atoms with Gasteiger partial charge in [-0.05, 0) is 5.92 Å². The molecule has 82 valence electrons. The standard InChI is InChI=1S/C10H20N2O2/c1-8(2)6-12-10(13)5-9-7-11-3-4-14-9/h8-9,11H,3-7H2,1-2H3,(H,12,13). The van der Waals surface area contributed by atoms with Crippen molar-refractivity contribution in [1.29, 1.82) is 0 Å². The molecule has 4 heteroatoms. The zero-order valence-electron chi connectivity index (χ0n) is 9.01. The fourth-order valence-electron chi connectivity index (χ4n) is 1.35. The minimum atomic E-state index is 0.0518. The van der Waals surface area contributed by atoms with Crippen molar-refractivity contribution >= 4 is 5.91 Å². The topological polar surface area (TPSA) is 50.4 Å². The molecule has 1 fully saturated rings. The molecule has 0 radical (unpaired) electrons. The van der Waals surface area contributed by atoms with Gasteiger partial charge in [0.25, 0.3) is 0 Å². The second-order valence-electron chi connectivity index (χ2n) is 4.10. The minimum absolute atomic E-state index is 0.0518. The summed E-state index contributed by atoms with van der Waals surface area (Å²) in [6.07, 6.45) is 0.524. The number of carbonyl (C=O) groups excluding carboxylic acids is 1. The summed E-state index contributed by atoms with van der Waals surface area (Å²) in [5.74, 6) is 0.594. The second-order valence-corrected chi connectivity index (χ2v) is 4.10. The number of amides is 1. The molecule has 1 heterocycles. The molecule has 1 unspecified atom stereocenters. The average molecular weight is 200 g/mol. The van der Waals surface area contributed by atoms with Crippen LogP contribution in [0.3, 0.4) is 0 Å². The summed E-state index contributed by atoms with van der Waals surface area (Å²) in [5.41, 5.74) is 0. The van der Waals surface area contributed by atoms with Gasteiger partial charge >= 0.3 is 0 Å². The Morgan fingerprint density at radius 2 is 2.43 bits per heavy atom. The van der Waals surface area contributed by atoms with E-state index in [0.717, 1.165) is 19.6 Å². The van der Waals surface area contributed by atoms with Crippen molar-refractivity contribution in [3.63, 3.8) is 0 Å². The fraction of sp³-hybridized carbons (Fsp3) is 0.900. The molecule has 0 spiro atoms. The molecule has 1 amide bonds. The Bertz CT molecular complexity index is 177. The molecule has 0 saturated carbocycles. The van der Waals surface area contributed by atoms with Crippen molar-refractivity contribution < 1.29 is 9.53 Å². The van der Waals surface area contributed by atoms with Gasteiger partial charge in [0.1, 0.15) is 0 Å². The molecule has 0 bridgehead atoms. The van der Waals surface area contributed by atoms with Gasteiger partial charge in [0, 0.05) is 19.6 Å². The Morgan fingerprint density at radius 3 is 3.00 bits per heavy atom. The first-order valence-corrected chi connectivity index (χ1v) is 5.27. The number of rotatable bonds is 4. The van der Waals surface area contributed by atoms with Crippen LogP contribution in [0, 0.1) is 5.92 Å². The largest absolute Gasteiger partial charge is 0.375 e. The zero-order valence-corrected chi connectivity index (χ0v) is 9.01. The van der Waals surface area contributed by atoms with Crippen LogP contribution in [0.5, 0.6) is 0 Å². The van der Waals surface area contributed by atoms with Gasteiger partial charge in [-0.2, -0.15) is 0 Å². The van der Waals surface area contributed by atoms with E-state index in [1.807, 2.05) is 0 Å². The molecule has 0 aliphatic carbocycles. The highest BCUT2D eigenvalue weighted by molar-refractivity contribution is 5.76. The van der Waals surface area contributed by atoms with E-state index < -0.39 is 0 Å². The number of hydrogen-bond acceptors (Lipinski definition) is 3. The zero-order chi connectivity index (χ0) is 10.4. The van der Waals surface area contributed by atoms with Gasteiger partial charge in [0.05, 0.1) is 19.1 Å². The Kier molecular flexibility index (Phi) is 4.90. The molecule has 0 aromatic rings. The number of carbonyl (C=O) groups is 1. The second kappa shape index (κ2) is 5.98. The summed E-state index contributed by atoms with van der Waals surface area (Å²) in [4.78, 5) is 11.4.